The van der Waals surface area contributed by atoms with Gasteiger partial charge >= 0.3 is 19.4 Å². The highest BCUT2D eigenvalue weighted by atomic mass is 31.2. The molecular formula is C24H33F2N4O9P. The third kappa shape index (κ3) is 6.67. The van der Waals surface area contributed by atoms with Gasteiger partial charge in [-0.2, -0.15) is 9.48 Å². The fraction of sp³-hybridized carbons (Fsp3) is 0.542. The number of carbonyl (C=O) groups is 1. The SMILES string of the molecule is CC(C)OC(=O)[C@H](C)N[P@@](=O)(Oc1ccccc1)OC(C)(C)[C@H]1O[C@@H](n2cc(F)c(=O)[nH]c2=O)[C@@](N)(CF)C1O. The third-order valence-corrected chi connectivity index (χ3v) is 7.91. The Balaban J connectivity index is 1.98. The lowest BCUT2D eigenvalue weighted by Gasteiger charge is -2.37. The Morgan fingerprint density at radius 2 is 1.93 bits per heavy atom. The van der Waals surface area contributed by atoms with Crippen molar-refractivity contribution in [2.75, 3.05) is 6.67 Å². The molecule has 0 bridgehead atoms. The number of aromatic nitrogens is 2. The van der Waals surface area contributed by atoms with Crippen LogP contribution >= 0.6 is 7.75 Å². The summed E-state index contributed by atoms with van der Waals surface area (Å²) in [4.78, 5) is 38.0. The van der Waals surface area contributed by atoms with E-state index in [9.17, 15) is 32.8 Å². The zero-order valence-electron chi connectivity index (χ0n) is 22.5. The van der Waals surface area contributed by atoms with Gasteiger partial charge < -0.3 is 24.8 Å². The Labute approximate surface area is 228 Å². The van der Waals surface area contributed by atoms with Gasteiger partial charge in [0.1, 0.15) is 41.8 Å². The van der Waals surface area contributed by atoms with Crippen molar-refractivity contribution < 1.29 is 41.8 Å². The summed E-state index contributed by atoms with van der Waals surface area (Å²) in [5, 5.41) is 13.6. The lowest BCUT2D eigenvalue weighted by molar-refractivity contribution is -0.149. The number of ether oxygens (including phenoxy) is 2. The van der Waals surface area contributed by atoms with E-state index in [1.165, 1.54) is 32.9 Å². The van der Waals surface area contributed by atoms with E-state index < -0.39 is 79.2 Å². The Kier molecular flexibility index (Phi) is 9.39. The number of nitrogens with two attached hydrogens (primary N) is 1. The number of benzene rings is 1. The number of nitrogens with zero attached hydrogens (tertiary/aromatic N) is 1. The van der Waals surface area contributed by atoms with Crippen molar-refractivity contribution >= 4 is 13.7 Å². The van der Waals surface area contributed by atoms with Gasteiger partial charge in [-0.3, -0.25) is 23.7 Å². The number of hydrogen-bond donors (Lipinski definition) is 4. The van der Waals surface area contributed by atoms with Crippen molar-refractivity contribution in [2.45, 2.75) is 76.3 Å². The quantitative estimate of drug-likeness (QED) is 0.220. The predicted octanol–water partition coefficient (Wildman–Crippen LogP) is 1.51. The number of halogens is 2. The second kappa shape index (κ2) is 11.9. The van der Waals surface area contributed by atoms with Gasteiger partial charge in [0.2, 0.25) is 5.82 Å². The van der Waals surface area contributed by atoms with E-state index in [0.717, 1.165) is 0 Å². The second-order valence-electron chi connectivity index (χ2n) is 10.2. The molecule has 1 saturated heterocycles. The lowest BCUT2D eigenvalue weighted by Crippen LogP contribution is -2.59. The fourth-order valence-electron chi connectivity index (χ4n) is 4.09. The fourth-order valence-corrected chi connectivity index (χ4v) is 5.94. The van der Waals surface area contributed by atoms with Crippen LogP contribution in [0.2, 0.25) is 0 Å². The average Bonchev–Trinajstić information content (AvgIpc) is 3.12. The number of aliphatic hydroxyl groups is 1. The predicted molar refractivity (Wildman–Crippen MR) is 138 cm³/mol. The molecule has 2 heterocycles. The molecular weight excluding hydrogens is 557 g/mol. The minimum Gasteiger partial charge on any atom is -0.462 e. The minimum atomic E-state index is -4.51. The Hall–Kier alpha value is -2.94. The van der Waals surface area contributed by atoms with Gasteiger partial charge in [-0.05, 0) is 46.8 Å². The summed E-state index contributed by atoms with van der Waals surface area (Å²) >= 11 is 0. The van der Waals surface area contributed by atoms with Crippen molar-refractivity contribution in [3.8, 4) is 5.75 Å². The van der Waals surface area contributed by atoms with Crippen LogP contribution in [0.1, 0.15) is 40.8 Å². The van der Waals surface area contributed by atoms with Gasteiger partial charge in [0, 0.05) is 0 Å². The third-order valence-electron chi connectivity index (χ3n) is 6.05. The summed E-state index contributed by atoms with van der Waals surface area (Å²) < 4.78 is 65.2. The number of para-hydroxylation sites is 1. The molecule has 1 aromatic carbocycles. The molecule has 0 radical (unpaired) electrons. The number of alkyl halides is 1. The van der Waals surface area contributed by atoms with Crippen molar-refractivity contribution in [1.29, 1.82) is 0 Å². The summed E-state index contributed by atoms with van der Waals surface area (Å²) in [5.41, 5.74) is -0.529. The maximum atomic E-state index is 14.3. The largest absolute Gasteiger partial charge is 0.462 e. The summed E-state index contributed by atoms with van der Waals surface area (Å²) in [6.45, 7) is 5.80. The normalized spacial score (nSPS) is 25.4. The number of esters is 1. The molecule has 5 N–H and O–H groups in total. The van der Waals surface area contributed by atoms with E-state index >= 15 is 0 Å². The smallest absolute Gasteiger partial charge is 0.460 e. The molecule has 1 aliphatic heterocycles. The highest BCUT2D eigenvalue weighted by Crippen LogP contribution is 2.52. The van der Waals surface area contributed by atoms with Crippen LogP contribution in [-0.2, 0) is 23.4 Å². The van der Waals surface area contributed by atoms with Crippen molar-refractivity contribution in [3.63, 3.8) is 0 Å². The van der Waals surface area contributed by atoms with Crippen LogP contribution in [-0.4, -0.2) is 62.8 Å². The van der Waals surface area contributed by atoms with Crippen LogP contribution < -0.4 is 26.6 Å². The van der Waals surface area contributed by atoms with E-state index in [2.05, 4.69) is 5.09 Å². The van der Waals surface area contributed by atoms with E-state index in [-0.39, 0.29) is 5.75 Å². The highest BCUT2D eigenvalue weighted by Gasteiger charge is 2.61. The Morgan fingerprint density at radius 3 is 2.50 bits per heavy atom. The van der Waals surface area contributed by atoms with Gasteiger partial charge in [-0.15, -0.1) is 0 Å². The molecule has 222 valence electrons. The molecule has 0 saturated carbocycles. The van der Waals surface area contributed by atoms with Gasteiger partial charge in [0.25, 0.3) is 5.56 Å². The first-order chi connectivity index (χ1) is 18.5. The van der Waals surface area contributed by atoms with Crippen molar-refractivity contribution in [1.82, 2.24) is 14.6 Å². The molecule has 13 nitrogen and oxygen atoms in total. The Morgan fingerprint density at radius 1 is 1.30 bits per heavy atom. The molecule has 1 aliphatic rings. The lowest BCUT2D eigenvalue weighted by atomic mass is 9.86. The number of aliphatic hydroxyl groups excluding tert-OH is 1. The second-order valence-corrected chi connectivity index (χ2v) is 11.8. The molecule has 3 rings (SSSR count). The molecule has 40 heavy (non-hydrogen) atoms. The summed E-state index contributed by atoms with van der Waals surface area (Å²) in [5.74, 6) is -2.05. The van der Waals surface area contributed by atoms with Gasteiger partial charge in [-0.1, -0.05) is 18.2 Å². The number of H-pyrrole nitrogens is 1. The monoisotopic (exact) mass is 590 g/mol. The number of carbonyl (C=O) groups excluding carboxylic acids is 1. The van der Waals surface area contributed by atoms with Crippen LogP contribution in [0.4, 0.5) is 8.78 Å². The minimum absolute atomic E-state index is 0.0940. The summed E-state index contributed by atoms with van der Waals surface area (Å²) in [7, 11) is -4.51. The van der Waals surface area contributed by atoms with Gasteiger partial charge in [-0.25, -0.2) is 13.8 Å². The zero-order valence-corrected chi connectivity index (χ0v) is 23.4. The van der Waals surface area contributed by atoms with Crippen molar-refractivity contribution in [2.24, 2.45) is 5.73 Å². The standard InChI is InChI=1S/C24H33F2N4O9P/c1-13(2)36-20(33)14(3)29-40(35,38-15-9-7-6-8-10-15)39-23(4,5)18-17(31)24(27,12-25)21(37-18)30-11-16(26)19(32)28-22(30)34/h6-11,13-14,17-18,21,31H,12,27H2,1-5H3,(H,29,35)(H,28,32,34)/t14-,17?,18-,21+,24+,40+/m0/s1. The topological polar surface area (TPSA) is 184 Å². The van der Waals surface area contributed by atoms with E-state index in [1.807, 2.05) is 0 Å². The molecule has 1 unspecified atom stereocenters. The van der Waals surface area contributed by atoms with Gasteiger partial charge in [0.05, 0.1) is 12.3 Å². The molecule has 6 atom stereocenters. The van der Waals surface area contributed by atoms with E-state index in [1.54, 1.807) is 37.0 Å². The highest BCUT2D eigenvalue weighted by molar-refractivity contribution is 7.52. The molecule has 2 aromatic rings. The zero-order chi connectivity index (χ0) is 30.0. The molecule has 0 spiro atoms. The maximum Gasteiger partial charge on any atom is 0.460 e. The maximum absolute atomic E-state index is 14.3. The van der Waals surface area contributed by atoms with Crippen LogP contribution in [0.3, 0.4) is 0 Å². The number of hydrogen-bond acceptors (Lipinski definition) is 10. The molecule has 0 amide bonds. The average molecular weight is 591 g/mol. The molecule has 1 fully saturated rings. The van der Waals surface area contributed by atoms with Crippen LogP contribution in [0.25, 0.3) is 0 Å². The number of rotatable bonds is 11. The Bertz CT molecular complexity index is 1370. The molecule has 16 heteroatoms. The number of nitrogens with one attached hydrogen (secondary N) is 2. The number of aromatic amines is 1. The summed E-state index contributed by atoms with van der Waals surface area (Å²) in [6.07, 6.45) is -5.32. The van der Waals surface area contributed by atoms with E-state index in [4.69, 9.17) is 24.3 Å². The first-order valence-electron chi connectivity index (χ1n) is 12.3. The molecule has 0 aliphatic carbocycles. The van der Waals surface area contributed by atoms with E-state index in [0.29, 0.717) is 10.8 Å². The first kappa shape index (κ1) is 31.6. The van der Waals surface area contributed by atoms with Crippen LogP contribution in [0, 0.1) is 5.82 Å². The van der Waals surface area contributed by atoms with Crippen LogP contribution in [0.5, 0.6) is 5.75 Å². The van der Waals surface area contributed by atoms with Crippen molar-refractivity contribution in [3.05, 3.63) is 63.2 Å². The molecule has 1 aromatic heterocycles. The summed E-state index contributed by atoms with van der Waals surface area (Å²) in [6, 6.07) is 6.63. The van der Waals surface area contributed by atoms with Gasteiger partial charge in [0.15, 0.2) is 6.23 Å². The van der Waals surface area contributed by atoms with Crippen LogP contribution in [0.15, 0.2) is 46.1 Å². The first-order valence-corrected chi connectivity index (χ1v) is 13.8.